The first kappa shape index (κ1) is 14.3. The Hall–Kier alpha value is -1.07. The number of phenols is 1. The number of rotatable bonds is 3. The molecule has 4 nitrogen and oxygen atoms in total. The minimum absolute atomic E-state index is 0.00334. The van der Waals surface area contributed by atoms with Crippen molar-refractivity contribution in [2.24, 2.45) is 5.92 Å². The molecule has 1 atom stereocenters. The summed E-state index contributed by atoms with van der Waals surface area (Å²) in [4.78, 5) is 14.3. The third kappa shape index (κ3) is 3.48. The van der Waals surface area contributed by atoms with E-state index in [2.05, 4.69) is 21.2 Å². The summed E-state index contributed by atoms with van der Waals surface area (Å²) in [5.41, 5.74) is 0.547. The van der Waals surface area contributed by atoms with E-state index in [-0.39, 0.29) is 11.7 Å². The first-order chi connectivity index (χ1) is 9.11. The first-order valence-electron chi connectivity index (χ1n) is 6.54. The van der Waals surface area contributed by atoms with Gasteiger partial charge < -0.3 is 15.3 Å². The highest BCUT2D eigenvalue weighted by Crippen LogP contribution is 2.26. The molecule has 104 valence electrons. The minimum Gasteiger partial charge on any atom is -0.507 e. The summed E-state index contributed by atoms with van der Waals surface area (Å²) in [7, 11) is 1.94. The van der Waals surface area contributed by atoms with E-state index in [1.54, 1.807) is 12.1 Å². The Balaban J connectivity index is 2.08. The first-order valence-corrected chi connectivity index (χ1v) is 7.33. The van der Waals surface area contributed by atoms with Gasteiger partial charge in [-0.1, -0.05) is 0 Å². The number of aromatic hydroxyl groups is 1. The Morgan fingerprint density at radius 1 is 1.58 bits per heavy atom. The molecule has 1 unspecified atom stereocenters. The van der Waals surface area contributed by atoms with Crippen molar-refractivity contribution in [3.05, 3.63) is 28.2 Å². The van der Waals surface area contributed by atoms with Gasteiger partial charge in [-0.15, -0.1) is 0 Å². The van der Waals surface area contributed by atoms with E-state index in [4.69, 9.17) is 0 Å². The fraction of sp³-hybridized carbons (Fsp3) is 0.500. The van der Waals surface area contributed by atoms with Crippen molar-refractivity contribution in [2.75, 3.05) is 26.7 Å². The van der Waals surface area contributed by atoms with Crippen LogP contribution in [0, 0.1) is 5.92 Å². The molecule has 1 heterocycles. The molecule has 0 spiro atoms. The standard InChI is InChI=1S/C14H19BrN2O2/c1-16-8-10-3-2-6-17(9-10)14(19)11-4-5-12(15)13(18)7-11/h4-5,7,10,16,18H,2-3,6,8-9H2,1H3. The van der Waals surface area contributed by atoms with Gasteiger partial charge in [-0.25, -0.2) is 0 Å². The Labute approximate surface area is 121 Å². The van der Waals surface area contributed by atoms with E-state index in [9.17, 15) is 9.90 Å². The predicted molar refractivity (Wildman–Crippen MR) is 78.4 cm³/mol. The van der Waals surface area contributed by atoms with Crippen molar-refractivity contribution < 1.29 is 9.90 Å². The van der Waals surface area contributed by atoms with Gasteiger partial charge in [0.1, 0.15) is 5.75 Å². The van der Waals surface area contributed by atoms with Gasteiger partial charge in [-0.2, -0.15) is 0 Å². The molecule has 0 radical (unpaired) electrons. The maximum Gasteiger partial charge on any atom is 0.253 e. The zero-order valence-corrected chi connectivity index (χ0v) is 12.6. The number of carbonyl (C=O) groups excluding carboxylic acids is 1. The molecule has 2 N–H and O–H groups in total. The number of likely N-dealkylation sites (tertiary alicyclic amines) is 1. The average Bonchev–Trinajstić information content (AvgIpc) is 2.42. The molecule has 1 aliphatic rings. The molecular weight excluding hydrogens is 308 g/mol. The lowest BCUT2D eigenvalue weighted by Crippen LogP contribution is -2.42. The quantitative estimate of drug-likeness (QED) is 0.895. The lowest BCUT2D eigenvalue weighted by molar-refractivity contribution is 0.0674. The third-order valence-corrected chi connectivity index (χ3v) is 4.16. The number of hydrogen-bond donors (Lipinski definition) is 2. The minimum atomic E-state index is 0.00334. The molecule has 1 aliphatic heterocycles. The number of halogens is 1. The van der Waals surface area contributed by atoms with Crippen LogP contribution in [0.3, 0.4) is 0 Å². The van der Waals surface area contributed by atoms with Gasteiger partial charge in [-0.3, -0.25) is 4.79 Å². The number of nitrogens with zero attached hydrogens (tertiary/aromatic N) is 1. The molecule has 2 rings (SSSR count). The zero-order valence-electron chi connectivity index (χ0n) is 11.0. The summed E-state index contributed by atoms with van der Waals surface area (Å²) < 4.78 is 0.607. The highest BCUT2D eigenvalue weighted by atomic mass is 79.9. The second-order valence-electron chi connectivity index (χ2n) is 4.98. The SMILES string of the molecule is CNCC1CCCN(C(=O)c2ccc(Br)c(O)c2)C1. The number of nitrogens with one attached hydrogen (secondary N) is 1. The topological polar surface area (TPSA) is 52.6 Å². The van der Waals surface area contributed by atoms with Crippen molar-refractivity contribution >= 4 is 21.8 Å². The Kier molecular flexibility index (Phi) is 4.82. The molecule has 1 aromatic carbocycles. The number of piperidine rings is 1. The largest absolute Gasteiger partial charge is 0.507 e. The van der Waals surface area contributed by atoms with Crippen molar-refractivity contribution in [3.63, 3.8) is 0 Å². The molecular formula is C14H19BrN2O2. The van der Waals surface area contributed by atoms with E-state index in [1.807, 2.05) is 11.9 Å². The number of carbonyl (C=O) groups is 1. The van der Waals surface area contributed by atoms with Gasteiger partial charge in [0, 0.05) is 18.7 Å². The summed E-state index contributed by atoms with van der Waals surface area (Å²) in [6.07, 6.45) is 2.21. The molecule has 19 heavy (non-hydrogen) atoms. The molecule has 1 fully saturated rings. The highest BCUT2D eigenvalue weighted by Gasteiger charge is 2.24. The Morgan fingerprint density at radius 3 is 3.05 bits per heavy atom. The summed E-state index contributed by atoms with van der Waals surface area (Å²) in [6.45, 7) is 2.53. The Bertz CT molecular complexity index is 463. The summed E-state index contributed by atoms with van der Waals surface area (Å²) in [5, 5.41) is 12.8. The van der Waals surface area contributed by atoms with Gasteiger partial charge in [0.15, 0.2) is 0 Å². The van der Waals surface area contributed by atoms with Crippen molar-refractivity contribution in [1.82, 2.24) is 10.2 Å². The lowest BCUT2D eigenvalue weighted by Gasteiger charge is -2.32. The molecule has 1 aromatic rings. The lowest BCUT2D eigenvalue weighted by atomic mass is 9.97. The van der Waals surface area contributed by atoms with Crippen LogP contribution in [0.1, 0.15) is 23.2 Å². The van der Waals surface area contributed by atoms with E-state index in [1.165, 1.54) is 6.07 Å². The molecule has 0 bridgehead atoms. The van der Waals surface area contributed by atoms with Gasteiger partial charge in [0.2, 0.25) is 0 Å². The fourth-order valence-electron chi connectivity index (χ4n) is 2.53. The summed E-state index contributed by atoms with van der Waals surface area (Å²) in [6, 6.07) is 4.97. The van der Waals surface area contributed by atoms with Crippen LogP contribution in [0.4, 0.5) is 0 Å². The number of amides is 1. The van der Waals surface area contributed by atoms with Gasteiger partial charge in [0.25, 0.3) is 5.91 Å². The van der Waals surface area contributed by atoms with Crippen LogP contribution in [-0.4, -0.2) is 42.6 Å². The van der Waals surface area contributed by atoms with Crippen LogP contribution in [0.15, 0.2) is 22.7 Å². The third-order valence-electron chi connectivity index (χ3n) is 3.49. The number of phenolic OH excluding ortho intramolecular Hbond substituents is 1. The van der Waals surface area contributed by atoms with E-state index in [0.29, 0.717) is 16.0 Å². The van der Waals surface area contributed by atoms with Crippen LogP contribution < -0.4 is 5.32 Å². The van der Waals surface area contributed by atoms with E-state index in [0.717, 1.165) is 32.5 Å². The van der Waals surface area contributed by atoms with Gasteiger partial charge >= 0.3 is 0 Å². The van der Waals surface area contributed by atoms with Gasteiger partial charge in [-0.05, 0) is 66.5 Å². The van der Waals surface area contributed by atoms with Crippen LogP contribution in [0.25, 0.3) is 0 Å². The molecule has 0 aliphatic carbocycles. The Morgan fingerprint density at radius 2 is 2.37 bits per heavy atom. The number of hydrogen-bond acceptors (Lipinski definition) is 3. The second kappa shape index (κ2) is 6.39. The molecule has 0 aromatic heterocycles. The second-order valence-corrected chi connectivity index (χ2v) is 5.84. The van der Waals surface area contributed by atoms with Crippen molar-refractivity contribution in [1.29, 1.82) is 0 Å². The monoisotopic (exact) mass is 326 g/mol. The maximum atomic E-state index is 12.4. The van der Waals surface area contributed by atoms with Crippen LogP contribution in [0.5, 0.6) is 5.75 Å². The highest BCUT2D eigenvalue weighted by molar-refractivity contribution is 9.10. The average molecular weight is 327 g/mol. The van der Waals surface area contributed by atoms with E-state index >= 15 is 0 Å². The van der Waals surface area contributed by atoms with Crippen LogP contribution in [0.2, 0.25) is 0 Å². The molecule has 5 heteroatoms. The van der Waals surface area contributed by atoms with Crippen LogP contribution >= 0.6 is 15.9 Å². The summed E-state index contributed by atoms with van der Waals surface area (Å²) in [5.74, 6) is 0.630. The maximum absolute atomic E-state index is 12.4. The molecule has 0 saturated carbocycles. The smallest absolute Gasteiger partial charge is 0.253 e. The summed E-state index contributed by atoms with van der Waals surface area (Å²) >= 11 is 3.22. The van der Waals surface area contributed by atoms with E-state index < -0.39 is 0 Å². The predicted octanol–water partition coefficient (Wildman–Crippen LogP) is 2.23. The molecule has 1 amide bonds. The molecule has 1 saturated heterocycles. The van der Waals surface area contributed by atoms with Crippen LogP contribution in [-0.2, 0) is 0 Å². The van der Waals surface area contributed by atoms with Crippen molar-refractivity contribution in [3.8, 4) is 5.75 Å². The fourth-order valence-corrected chi connectivity index (χ4v) is 2.78. The zero-order chi connectivity index (χ0) is 13.8. The van der Waals surface area contributed by atoms with Gasteiger partial charge in [0.05, 0.1) is 4.47 Å². The van der Waals surface area contributed by atoms with Crippen molar-refractivity contribution in [2.45, 2.75) is 12.8 Å². The number of benzene rings is 1. The normalized spacial score (nSPS) is 19.5.